The molecule has 30 heavy (non-hydrogen) atoms. The lowest BCUT2D eigenvalue weighted by atomic mass is 9.98. The number of carbonyl (C=O) groups is 1. The Morgan fingerprint density at radius 1 is 1.33 bits per heavy atom. The summed E-state index contributed by atoms with van der Waals surface area (Å²) >= 11 is 1.23. The lowest BCUT2D eigenvalue weighted by molar-refractivity contribution is -0.123. The number of nitrogens with zero attached hydrogens (tertiary/aromatic N) is 4. The molecule has 0 spiro atoms. The normalized spacial score (nSPS) is 17.9. The molecule has 1 aliphatic rings. The second-order valence-corrected chi connectivity index (χ2v) is 10.3. The zero-order valence-corrected chi connectivity index (χ0v) is 18.0. The number of pyridine rings is 1. The van der Waals surface area contributed by atoms with Crippen molar-refractivity contribution in [2.24, 2.45) is 5.92 Å². The van der Waals surface area contributed by atoms with Crippen LogP contribution in [0.25, 0.3) is 10.2 Å². The van der Waals surface area contributed by atoms with E-state index in [-0.39, 0.29) is 24.8 Å². The zero-order valence-electron chi connectivity index (χ0n) is 16.4. The molecule has 1 aromatic carbocycles. The van der Waals surface area contributed by atoms with Gasteiger partial charge in [-0.2, -0.15) is 0 Å². The number of aromatic nitrogens is 2. The fraction of sp³-hybridized carbons (Fsp3) is 0.350. The molecule has 1 atom stereocenters. The number of halogens is 1. The van der Waals surface area contributed by atoms with Gasteiger partial charge in [0.25, 0.3) is 0 Å². The number of carbonyl (C=O) groups excluding carboxylic acids is 1. The Morgan fingerprint density at radius 2 is 2.17 bits per heavy atom. The molecule has 4 rings (SSSR count). The maximum atomic E-state index is 13.6. The molecule has 1 amide bonds. The smallest absolute Gasteiger partial charge is 0.233 e. The standard InChI is InChI=1S/C20H21FN4O3S2/c1-30(27,28)24-10-4-5-14(12-24)19(26)25(13-16-6-2-3-9-22-16)20-23-17-8-7-15(21)11-18(17)29-20/h2-3,6-9,11,14H,4-5,10,12-13H2,1H3. The highest BCUT2D eigenvalue weighted by Gasteiger charge is 2.34. The van der Waals surface area contributed by atoms with E-state index in [9.17, 15) is 17.6 Å². The number of thiazole rings is 1. The van der Waals surface area contributed by atoms with Crippen LogP contribution in [-0.2, 0) is 21.4 Å². The van der Waals surface area contributed by atoms with E-state index in [2.05, 4.69) is 9.97 Å². The van der Waals surface area contributed by atoms with Crippen molar-refractivity contribution in [2.75, 3.05) is 24.2 Å². The van der Waals surface area contributed by atoms with Crippen LogP contribution in [0.3, 0.4) is 0 Å². The molecule has 0 saturated carbocycles. The number of rotatable bonds is 5. The van der Waals surface area contributed by atoms with E-state index in [0.29, 0.717) is 40.4 Å². The van der Waals surface area contributed by atoms with Gasteiger partial charge in [-0.05, 0) is 43.2 Å². The van der Waals surface area contributed by atoms with Crippen LogP contribution >= 0.6 is 11.3 Å². The Bertz CT molecular complexity index is 1170. The minimum atomic E-state index is -3.37. The summed E-state index contributed by atoms with van der Waals surface area (Å²) in [5, 5.41) is 0.447. The van der Waals surface area contributed by atoms with Crippen molar-refractivity contribution in [3.63, 3.8) is 0 Å². The van der Waals surface area contributed by atoms with Crippen LogP contribution in [0.2, 0.25) is 0 Å². The largest absolute Gasteiger partial charge is 0.282 e. The Balaban J connectivity index is 1.68. The van der Waals surface area contributed by atoms with Crippen LogP contribution in [0, 0.1) is 11.7 Å². The second kappa shape index (κ2) is 8.37. The highest BCUT2D eigenvalue weighted by molar-refractivity contribution is 7.88. The van der Waals surface area contributed by atoms with E-state index < -0.39 is 15.9 Å². The van der Waals surface area contributed by atoms with E-state index in [1.165, 1.54) is 27.8 Å². The predicted molar refractivity (Wildman–Crippen MR) is 114 cm³/mol. The lowest BCUT2D eigenvalue weighted by Gasteiger charge is -2.32. The van der Waals surface area contributed by atoms with Gasteiger partial charge in [-0.3, -0.25) is 14.7 Å². The molecule has 1 aliphatic heterocycles. The fourth-order valence-corrected chi connectivity index (χ4v) is 5.47. The highest BCUT2D eigenvalue weighted by Crippen LogP contribution is 2.32. The van der Waals surface area contributed by atoms with Gasteiger partial charge in [0.15, 0.2) is 5.13 Å². The molecule has 1 saturated heterocycles. The van der Waals surface area contributed by atoms with Crippen molar-refractivity contribution < 1.29 is 17.6 Å². The molecule has 3 aromatic rings. The first kappa shape index (κ1) is 20.8. The number of hydrogen-bond acceptors (Lipinski definition) is 6. The molecule has 0 aliphatic carbocycles. The fourth-order valence-electron chi connectivity index (χ4n) is 3.56. The summed E-state index contributed by atoms with van der Waals surface area (Å²) < 4.78 is 39.6. The lowest BCUT2D eigenvalue weighted by Crippen LogP contribution is -2.46. The van der Waals surface area contributed by atoms with Crippen LogP contribution in [0.15, 0.2) is 42.6 Å². The molecule has 158 valence electrons. The molecule has 7 nitrogen and oxygen atoms in total. The summed E-state index contributed by atoms with van der Waals surface area (Å²) in [7, 11) is -3.37. The molecule has 2 aromatic heterocycles. The van der Waals surface area contributed by atoms with Crippen LogP contribution in [0.1, 0.15) is 18.5 Å². The average Bonchev–Trinajstić information content (AvgIpc) is 3.14. The van der Waals surface area contributed by atoms with Crippen molar-refractivity contribution >= 4 is 42.6 Å². The molecule has 0 bridgehead atoms. The van der Waals surface area contributed by atoms with Crippen molar-refractivity contribution in [1.29, 1.82) is 0 Å². The summed E-state index contributed by atoms with van der Waals surface area (Å²) in [5.74, 6) is -1.04. The number of amides is 1. The van der Waals surface area contributed by atoms with Gasteiger partial charge in [0, 0.05) is 19.3 Å². The minimum Gasteiger partial charge on any atom is -0.282 e. The zero-order chi connectivity index (χ0) is 21.3. The second-order valence-electron chi connectivity index (χ2n) is 7.31. The third-order valence-corrected chi connectivity index (χ3v) is 7.40. The van der Waals surface area contributed by atoms with E-state index in [4.69, 9.17) is 0 Å². The Hall–Kier alpha value is -2.43. The monoisotopic (exact) mass is 448 g/mol. The number of hydrogen-bond donors (Lipinski definition) is 0. The van der Waals surface area contributed by atoms with E-state index in [1.54, 1.807) is 23.2 Å². The maximum absolute atomic E-state index is 13.6. The summed E-state index contributed by atoms with van der Waals surface area (Å²) in [6, 6.07) is 9.76. The molecule has 1 fully saturated rings. The first-order valence-electron chi connectivity index (χ1n) is 9.54. The Labute approximate surface area is 178 Å². The third-order valence-electron chi connectivity index (χ3n) is 5.08. The van der Waals surface area contributed by atoms with Gasteiger partial charge < -0.3 is 0 Å². The first-order chi connectivity index (χ1) is 14.3. The molecule has 1 unspecified atom stereocenters. The topological polar surface area (TPSA) is 83.5 Å². The third kappa shape index (κ3) is 4.50. The molecule has 0 N–H and O–H groups in total. The number of fused-ring (bicyclic) bond motifs is 1. The molecular weight excluding hydrogens is 427 g/mol. The van der Waals surface area contributed by atoms with Gasteiger partial charge in [-0.1, -0.05) is 17.4 Å². The van der Waals surface area contributed by atoms with Crippen LogP contribution in [0.4, 0.5) is 9.52 Å². The van der Waals surface area contributed by atoms with Crippen molar-refractivity contribution in [3.05, 3.63) is 54.1 Å². The summed E-state index contributed by atoms with van der Waals surface area (Å²) in [5.41, 5.74) is 1.30. The molecular formula is C20H21FN4O3S2. The Morgan fingerprint density at radius 3 is 2.90 bits per heavy atom. The van der Waals surface area contributed by atoms with Gasteiger partial charge in [-0.25, -0.2) is 22.1 Å². The number of sulfonamides is 1. The van der Waals surface area contributed by atoms with E-state index in [1.807, 2.05) is 12.1 Å². The maximum Gasteiger partial charge on any atom is 0.233 e. The van der Waals surface area contributed by atoms with E-state index >= 15 is 0 Å². The van der Waals surface area contributed by atoms with Gasteiger partial charge >= 0.3 is 0 Å². The van der Waals surface area contributed by atoms with Gasteiger partial charge in [0.1, 0.15) is 5.82 Å². The van der Waals surface area contributed by atoms with Crippen molar-refractivity contribution in [3.8, 4) is 0 Å². The van der Waals surface area contributed by atoms with Crippen molar-refractivity contribution in [1.82, 2.24) is 14.3 Å². The average molecular weight is 449 g/mol. The number of benzene rings is 1. The van der Waals surface area contributed by atoms with Gasteiger partial charge in [0.05, 0.1) is 34.6 Å². The van der Waals surface area contributed by atoms with Crippen molar-refractivity contribution in [2.45, 2.75) is 19.4 Å². The first-order valence-corrected chi connectivity index (χ1v) is 12.2. The Kier molecular flexibility index (Phi) is 5.81. The number of piperidine rings is 1. The van der Waals surface area contributed by atoms with Crippen LogP contribution in [-0.4, -0.2) is 47.9 Å². The SMILES string of the molecule is CS(=O)(=O)N1CCCC(C(=O)N(Cc2ccccn2)c2nc3ccc(F)cc3s2)C1. The summed E-state index contributed by atoms with van der Waals surface area (Å²) in [6.45, 7) is 0.774. The van der Waals surface area contributed by atoms with Crippen LogP contribution in [0.5, 0.6) is 0 Å². The molecule has 10 heteroatoms. The minimum absolute atomic E-state index is 0.149. The summed E-state index contributed by atoms with van der Waals surface area (Å²) in [4.78, 5) is 23.9. The highest BCUT2D eigenvalue weighted by atomic mass is 32.2. The quantitative estimate of drug-likeness (QED) is 0.599. The van der Waals surface area contributed by atoms with E-state index in [0.717, 1.165) is 6.26 Å². The van der Waals surface area contributed by atoms with Gasteiger partial charge in [0.2, 0.25) is 15.9 Å². The van der Waals surface area contributed by atoms with Gasteiger partial charge in [-0.15, -0.1) is 0 Å². The molecule has 0 radical (unpaired) electrons. The molecule has 3 heterocycles. The summed E-state index contributed by atoms with van der Waals surface area (Å²) in [6.07, 6.45) is 4.03. The van der Waals surface area contributed by atoms with Crippen LogP contribution < -0.4 is 4.90 Å². The predicted octanol–water partition coefficient (Wildman–Crippen LogP) is 3.04. The number of anilines is 1.